The lowest BCUT2D eigenvalue weighted by Gasteiger charge is -2.15. The molecule has 0 unspecified atom stereocenters. The topological polar surface area (TPSA) is 71.3 Å². The van der Waals surface area contributed by atoms with Crippen molar-refractivity contribution in [2.45, 2.75) is 20.8 Å². The van der Waals surface area contributed by atoms with Crippen LogP contribution < -0.4 is 14.8 Å². The fourth-order valence-electron chi connectivity index (χ4n) is 3.13. The highest BCUT2D eigenvalue weighted by atomic mass is 127. The number of ether oxygens (including phenoxy) is 2. The second-order valence-electron chi connectivity index (χ2n) is 7.50. The zero-order valence-electron chi connectivity index (χ0n) is 18.8. The van der Waals surface area contributed by atoms with Gasteiger partial charge in [0.05, 0.1) is 21.8 Å². The standard InChI is InChI=1S/C27H25IN2O3/c1-4-32-25-15-20(13-22(16-29)21-9-5-18(2)6-10-21)14-24(28)27(25)33-17-26(31)30-23-11-7-19(3)8-12-23/h5-15H,4,17H2,1-3H3,(H,30,31)/b22-13-. The van der Waals surface area contributed by atoms with E-state index in [2.05, 4.69) is 34.0 Å². The number of rotatable bonds is 8. The van der Waals surface area contributed by atoms with Gasteiger partial charge in [-0.3, -0.25) is 4.79 Å². The van der Waals surface area contributed by atoms with Gasteiger partial charge in [0, 0.05) is 5.69 Å². The average Bonchev–Trinajstić information content (AvgIpc) is 2.79. The third kappa shape index (κ3) is 6.83. The van der Waals surface area contributed by atoms with Gasteiger partial charge in [-0.1, -0.05) is 47.5 Å². The molecule has 0 aliphatic heterocycles. The van der Waals surface area contributed by atoms with E-state index >= 15 is 0 Å². The molecule has 3 aromatic carbocycles. The van der Waals surface area contributed by atoms with Gasteiger partial charge in [-0.05, 0) is 84.8 Å². The molecule has 3 aromatic rings. The van der Waals surface area contributed by atoms with E-state index in [4.69, 9.17) is 9.47 Å². The zero-order valence-corrected chi connectivity index (χ0v) is 21.0. The number of hydrogen-bond acceptors (Lipinski definition) is 4. The van der Waals surface area contributed by atoms with Crippen molar-refractivity contribution in [3.05, 3.63) is 86.5 Å². The van der Waals surface area contributed by atoms with Crippen LogP contribution >= 0.6 is 22.6 Å². The number of benzene rings is 3. The maximum Gasteiger partial charge on any atom is 0.262 e. The molecule has 0 aliphatic rings. The van der Waals surface area contributed by atoms with Gasteiger partial charge in [0.2, 0.25) is 0 Å². The lowest BCUT2D eigenvalue weighted by molar-refractivity contribution is -0.118. The van der Waals surface area contributed by atoms with Crippen LogP contribution in [0.4, 0.5) is 5.69 Å². The molecule has 0 aliphatic carbocycles. The summed E-state index contributed by atoms with van der Waals surface area (Å²) in [5, 5.41) is 12.5. The van der Waals surface area contributed by atoms with Crippen molar-refractivity contribution < 1.29 is 14.3 Å². The summed E-state index contributed by atoms with van der Waals surface area (Å²) < 4.78 is 12.4. The van der Waals surface area contributed by atoms with Crippen LogP contribution in [0.3, 0.4) is 0 Å². The van der Waals surface area contributed by atoms with Gasteiger partial charge in [-0.25, -0.2) is 0 Å². The molecular weight excluding hydrogens is 527 g/mol. The number of hydrogen-bond donors (Lipinski definition) is 1. The Balaban J connectivity index is 1.80. The first-order chi connectivity index (χ1) is 15.9. The number of aryl methyl sites for hydroxylation is 2. The van der Waals surface area contributed by atoms with Gasteiger partial charge in [-0.2, -0.15) is 5.26 Å². The Kier molecular flexibility index (Phi) is 8.50. The van der Waals surface area contributed by atoms with Gasteiger partial charge in [0.1, 0.15) is 0 Å². The monoisotopic (exact) mass is 552 g/mol. The van der Waals surface area contributed by atoms with Crippen molar-refractivity contribution in [1.29, 1.82) is 5.26 Å². The maximum absolute atomic E-state index is 12.4. The first-order valence-corrected chi connectivity index (χ1v) is 11.6. The predicted molar refractivity (Wildman–Crippen MR) is 140 cm³/mol. The van der Waals surface area contributed by atoms with Gasteiger partial charge in [0.15, 0.2) is 18.1 Å². The normalized spacial score (nSPS) is 10.9. The number of amides is 1. The van der Waals surface area contributed by atoms with E-state index in [1.54, 1.807) is 0 Å². The molecule has 3 rings (SSSR count). The Bertz CT molecular complexity index is 1190. The second kappa shape index (κ2) is 11.5. The number of nitriles is 1. The highest BCUT2D eigenvalue weighted by Gasteiger charge is 2.14. The molecule has 0 bridgehead atoms. The summed E-state index contributed by atoms with van der Waals surface area (Å²) in [7, 11) is 0. The van der Waals surface area contributed by atoms with Crippen LogP contribution in [0.2, 0.25) is 0 Å². The Morgan fingerprint density at radius 3 is 2.27 bits per heavy atom. The number of nitrogens with one attached hydrogen (secondary N) is 1. The van der Waals surface area contributed by atoms with E-state index in [-0.39, 0.29) is 12.5 Å². The summed E-state index contributed by atoms with van der Waals surface area (Å²) in [5.74, 6) is 0.773. The quantitative estimate of drug-likeness (QED) is 0.200. The predicted octanol–water partition coefficient (Wildman–Crippen LogP) is 6.39. The van der Waals surface area contributed by atoms with Crippen LogP contribution in [-0.4, -0.2) is 19.1 Å². The molecule has 5 nitrogen and oxygen atoms in total. The van der Waals surface area contributed by atoms with Crippen molar-refractivity contribution in [2.75, 3.05) is 18.5 Å². The molecule has 168 valence electrons. The summed E-state index contributed by atoms with van der Waals surface area (Å²) in [6, 6.07) is 21.4. The minimum Gasteiger partial charge on any atom is -0.490 e. The van der Waals surface area contributed by atoms with Crippen LogP contribution in [0, 0.1) is 28.7 Å². The molecule has 1 amide bonds. The van der Waals surface area contributed by atoms with E-state index in [1.807, 2.05) is 87.5 Å². The third-order valence-electron chi connectivity index (χ3n) is 4.81. The number of anilines is 1. The molecule has 6 heteroatoms. The summed E-state index contributed by atoms with van der Waals surface area (Å²) in [6.07, 6.45) is 1.82. The van der Waals surface area contributed by atoms with Gasteiger partial charge >= 0.3 is 0 Å². The van der Waals surface area contributed by atoms with E-state index in [0.717, 1.165) is 31.5 Å². The maximum atomic E-state index is 12.4. The van der Waals surface area contributed by atoms with Gasteiger partial charge in [-0.15, -0.1) is 0 Å². The molecule has 33 heavy (non-hydrogen) atoms. The Morgan fingerprint density at radius 2 is 1.67 bits per heavy atom. The molecule has 1 N–H and O–H groups in total. The van der Waals surface area contributed by atoms with Gasteiger partial charge < -0.3 is 14.8 Å². The summed E-state index contributed by atoms with van der Waals surface area (Å²) >= 11 is 2.15. The highest BCUT2D eigenvalue weighted by Crippen LogP contribution is 2.35. The summed E-state index contributed by atoms with van der Waals surface area (Å²) in [6.45, 7) is 6.18. The van der Waals surface area contributed by atoms with Crippen LogP contribution in [0.5, 0.6) is 11.5 Å². The molecule has 0 aromatic heterocycles. The zero-order chi connectivity index (χ0) is 23.8. The number of nitrogens with zero attached hydrogens (tertiary/aromatic N) is 1. The van der Waals surface area contributed by atoms with Gasteiger partial charge in [0.25, 0.3) is 5.91 Å². The first kappa shape index (κ1) is 24.3. The molecule has 0 saturated carbocycles. The highest BCUT2D eigenvalue weighted by molar-refractivity contribution is 14.1. The Morgan fingerprint density at radius 1 is 1.03 bits per heavy atom. The fraction of sp³-hybridized carbons (Fsp3) is 0.185. The van der Waals surface area contributed by atoms with Crippen molar-refractivity contribution in [3.63, 3.8) is 0 Å². The van der Waals surface area contributed by atoms with Crippen molar-refractivity contribution in [1.82, 2.24) is 0 Å². The Hall–Kier alpha value is -3.31. The first-order valence-electron chi connectivity index (χ1n) is 10.5. The molecule has 0 saturated heterocycles. The van der Waals surface area contributed by atoms with E-state index < -0.39 is 0 Å². The van der Waals surface area contributed by atoms with Crippen molar-refractivity contribution in [2.24, 2.45) is 0 Å². The van der Waals surface area contributed by atoms with Crippen molar-refractivity contribution in [3.8, 4) is 17.6 Å². The number of carbonyl (C=O) groups excluding carboxylic acids is 1. The summed E-state index contributed by atoms with van der Waals surface area (Å²) in [4.78, 5) is 12.4. The smallest absolute Gasteiger partial charge is 0.262 e. The number of allylic oxidation sites excluding steroid dienone is 1. The van der Waals surface area contributed by atoms with Crippen LogP contribution in [0.1, 0.15) is 29.2 Å². The fourth-order valence-corrected chi connectivity index (χ4v) is 3.91. The van der Waals surface area contributed by atoms with Crippen molar-refractivity contribution >= 4 is 45.8 Å². The lowest BCUT2D eigenvalue weighted by Crippen LogP contribution is -2.20. The number of carbonyl (C=O) groups is 1. The van der Waals surface area contributed by atoms with E-state index in [0.29, 0.717) is 23.7 Å². The molecule has 0 heterocycles. The SMILES string of the molecule is CCOc1cc(/C=C(/C#N)c2ccc(C)cc2)cc(I)c1OCC(=O)Nc1ccc(C)cc1. The van der Waals surface area contributed by atoms with Crippen LogP contribution in [0.15, 0.2) is 60.7 Å². The molecular formula is C27H25IN2O3. The Labute approximate surface area is 208 Å². The average molecular weight is 552 g/mol. The minimum absolute atomic E-state index is 0.147. The minimum atomic E-state index is -0.257. The second-order valence-corrected chi connectivity index (χ2v) is 8.66. The van der Waals surface area contributed by atoms with E-state index in [1.165, 1.54) is 0 Å². The van der Waals surface area contributed by atoms with Crippen LogP contribution in [-0.2, 0) is 4.79 Å². The molecule has 0 spiro atoms. The molecule has 0 fully saturated rings. The third-order valence-corrected chi connectivity index (χ3v) is 5.61. The number of halogens is 1. The van der Waals surface area contributed by atoms with E-state index in [9.17, 15) is 10.1 Å². The molecule has 0 radical (unpaired) electrons. The lowest BCUT2D eigenvalue weighted by atomic mass is 10.0. The largest absolute Gasteiger partial charge is 0.490 e. The van der Waals surface area contributed by atoms with Crippen LogP contribution in [0.25, 0.3) is 11.6 Å². The summed E-state index contributed by atoms with van der Waals surface area (Å²) in [5.41, 5.74) is 5.20. The molecule has 0 atom stereocenters.